The smallest absolute Gasteiger partial charge is 0.246 e. The second-order valence-corrected chi connectivity index (χ2v) is 8.36. The Morgan fingerprint density at radius 1 is 1.10 bits per heavy atom. The molecule has 1 amide bonds. The average molecular weight is 428 g/mol. The largest absolute Gasteiger partial charge is 0.468 e. The molecule has 0 radical (unpaired) electrons. The van der Waals surface area contributed by atoms with Crippen LogP contribution >= 0.6 is 0 Å². The van der Waals surface area contributed by atoms with E-state index in [1.165, 1.54) is 35.4 Å². The third-order valence-electron chi connectivity index (χ3n) is 4.37. The summed E-state index contributed by atoms with van der Waals surface area (Å²) in [7, 11) is -2.10. The number of sulfonamides is 1. The van der Waals surface area contributed by atoms with Crippen LogP contribution < -0.4 is 4.72 Å². The van der Waals surface area contributed by atoms with Gasteiger partial charge in [0.2, 0.25) is 15.9 Å². The monoisotopic (exact) mass is 428 g/mol. The molecule has 0 aliphatic heterocycles. The molecular weight excluding hydrogens is 407 g/mol. The van der Waals surface area contributed by atoms with Crippen LogP contribution in [-0.4, -0.2) is 26.3 Å². The fraction of sp³-hybridized carbons (Fsp3) is 0.136. The number of likely N-dealkylation sites (N-methyl/N-ethyl adjacent to an activating group) is 1. The summed E-state index contributed by atoms with van der Waals surface area (Å²) in [6, 6.07) is 15.8. The molecular formula is C22H21FN2O4S. The third kappa shape index (κ3) is 5.65. The molecule has 1 N–H and O–H groups in total. The Morgan fingerprint density at radius 3 is 2.50 bits per heavy atom. The maximum Gasteiger partial charge on any atom is 0.246 e. The minimum Gasteiger partial charge on any atom is -0.468 e. The zero-order valence-corrected chi connectivity index (χ0v) is 17.1. The van der Waals surface area contributed by atoms with Gasteiger partial charge in [-0.1, -0.05) is 30.3 Å². The standard InChI is InChI=1S/C22H21FN2O4S/c1-25(16-18-5-2-3-7-21(18)23)22(26)13-10-17-8-11-20(12-9-17)30(27,28)24-15-19-6-4-14-29-19/h2-14,24H,15-16H2,1H3/b13-10+. The number of nitrogens with zero attached hydrogens (tertiary/aromatic N) is 1. The Morgan fingerprint density at radius 2 is 1.83 bits per heavy atom. The molecule has 0 aliphatic carbocycles. The summed E-state index contributed by atoms with van der Waals surface area (Å²) in [6.07, 6.45) is 4.41. The molecule has 0 unspecified atom stereocenters. The fourth-order valence-corrected chi connectivity index (χ4v) is 3.67. The predicted octanol–water partition coefficient (Wildman–Crippen LogP) is 3.57. The highest BCUT2D eigenvalue weighted by Gasteiger charge is 2.14. The van der Waals surface area contributed by atoms with Gasteiger partial charge in [-0.05, 0) is 42.0 Å². The van der Waals surface area contributed by atoms with Crippen molar-refractivity contribution in [3.8, 4) is 0 Å². The van der Waals surface area contributed by atoms with Crippen LogP contribution in [0.5, 0.6) is 0 Å². The quantitative estimate of drug-likeness (QED) is 0.557. The third-order valence-corrected chi connectivity index (χ3v) is 5.78. The van der Waals surface area contributed by atoms with Crippen molar-refractivity contribution in [2.45, 2.75) is 18.0 Å². The molecule has 1 heterocycles. The lowest BCUT2D eigenvalue weighted by atomic mass is 10.2. The summed E-state index contributed by atoms with van der Waals surface area (Å²) in [5, 5.41) is 0. The van der Waals surface area contributed by atoms with Crippen molar-refractivity contribution in [3.63, 3.8) is 0 Å². The Bertz CT molecular complexity index is 1120. The van der Waals surface area contributed by atoms with Crippen LogP contribution in [0.4, 0.5) is 4.39 Å². The summed E-state index contributed by atoms with van der Waals surface area (Å²) < 4.78 is 46.0. The number of hydrogen-bond acceptors (Lipinski definition) is 4. The molecule has 3 aromatic rings. The topological polar surface area (TPSA) is 79.6 Å². The summed E-state index contributed by atoms with van der Waals surface area (Å²) in [5.41, 5.74) is 1.09. The first-order chi connectivity index (χ1) is 14.3. The van der Waals surface area contributed by atoms with E-state index in [9.17, 15) is 17.6 Å². The summed E-state index contributed by atoms with van der Waals surface area (Å²) in [5.74, 6) is -0.148. The van der Waals surface area contributed by atoms with E-state index in [2.05, 4.69) is 4.72 Å². The van der Waals surface area contributed by atoms with E-state index in [-0.39, 0.29) is 29.7 Å². The van der Waals surface area contributed by atoms with Crippen LogP contribution in [0.2, 0.25) is 0 Å². The average Bonchev–Trinajstić information content (AvgIpc) is 3.26. The summed E-state index contributed by atoms with van der Waals surface area (Å²) in [4.78, 5) is 13.8. The number of benzene rings is 2. The van der Waals surface area contributed by atoms with Gasteiger partial charge in [-0.2, -0.15) is 0 Å². The normalized spacial score (nSPS) is 11.7. The van der Waals surface area contributed by atoms with Crippen LogP contribution in [0.3, 0.4) is 0 Å². The number of nitrogens with one attached hydrogen (secondary N) is 1. The van der Waals surface area contributed by atoms with Crippen molar-refractivity contribution < 1.29 is 22.0 Å². The highest BCUT2D eigenvalue weighted by Crippen LogP contribution is 2.13. The molecule has 0 bridgehead atoms. The van der Waals surface area contributed by atoms with Gasteiger partial charge in [-0.15, -0.1) is 0 Å². The van der Waals surface area contributed by atoms with E-state index in [1.54, 1.807) is 55.6 Å². The number of hydrogen-bond donors (Lipinski definition) is 1. The van der Waals surface area contributed by atoms with Gasteiger partial charge in [0.05, 0.1) is 17.7 Å². The summed E-state index contributed by atoms with van der Waals surface area (Å²) >= 11 is 0. The van der Waals surface area contributed by atoms with E-state index >= 15 is 0 Å². The van der Waals surface area contributed by atoms with Crippen molar-refractivity contribution in [1.82, 2.24) is 9.62 Å². The van der Waals surface area contributed by atoms with Crippen LogP contribution in [0.15, 0.2) is 82.3 Å². The lowest BCUT2D eigenvalue weighted by Crippen LogP contribution is -2.24. The van der Waals surface area contributed by atoms with Gasteiger partial charge >= 0.3 is 0 Å². The van der Waals surface area contributed by atoms with Crippen molar-refractivity contribution in [2.75, 3.05) is 7.05 Å². The van der Waals surface area contributed by atoms with Crippen molar-refractivity contribution in [2.24, 2.45) is 0 Å². The Balaban J connectivity index is 1.59. The van der Waals surface area contributed by atoms with Crippen molar-refractivity contribution >= 4 is 22.0 Å². The van der Waals surface area contributed by atoms with Crippen molar-refractivity contribution in [1.29, 1.82) is 0 Å². The first kappa shape index (κ1) is 21.5. The number of carbonyl (C=O) groups excluding carboxylic acids is 1. The lowest BCUT2D eigenvalue weighted by Gasteiger charge is -2.15. The van der Waals surface area contributed by atoms with E-state index in [1.807, 2.05) is 0 Å². The molecule has 156 valence electrons. The van der Waals surface area contributed by atoms with Gasteiger partial charge < -0.3 is 9.32 Å². The molecule has 0 saturated heterocycles. The first-order valence-electron chi connectivity index (χ1n) is 9.14. The second kappa shape index (κ2) is 9.51. The maximum atomic E-state index is 13.7. The predicted molar refractivity (Wildman–Crippen MR) is 111 cm³/mol. The fourth-order valence-electron chi connectivity index (χ4n) is 2.68. The molecule has 2 aromatic carbocycles. The van der Waals surface area contributed by atoms with Gasteiger partial charge in [0, 0.05) is 25.2 Å². The Hall–Kier alpha value is -3.23. The van der Waals surface area contributed by atoms with Gasteiger partial charge in [-0.3, -0.25) is 4.79 Å². The Kier molecular flexibility index (Phi) is 6.81. The number of rotatable bonds is 8. The molecule has 0 spiro atoms. The highest BCUT2D eigenvalue weighted by molar-refractivity contribution is 7.89. The number of carbonyl (C=O) groups is 1. The lowest BCUT2D eigenvalue weighted by molar-refractivity contribution is -0.125. The molecule has 0 saturated carbocycles. The highest BCUT2D eigenvalue weighted by atomic mass is 32.2. The first-order valence-corrected chi connectivity index (χ1v) is 10.6. The Labute approximate surface area is 174 Å². The molecule has 30 heavy (non-hydrogen) atoms. The zero-order valence-electron chi connectivity index (χ0n) is 16.3. The summed E-state index contributed by atoms with van der Waals surface area (Å²) in [6.45, 7) is 0.203. The van der Waals surface area contributed by atoms with E-state index in [0.29, 0.717) is 16.9 Å². The van der Waals surface area contributed by atoms with E-state index < -0.39 is 10.0 Å². The molecule has 0 aliphatic rings. The zero-order chi connectivity index (χ0) is 21.6. The molecule has 1 aromatic heterocycles. The van der Waals surface area contributed by atoms with Gasteiger partial charge in [0.25, 0.3) is 0 Å². The molecule has 0 atom stereocenters. The van der Waals surface area contributed by atoms with E-state index in [0.717, 1.165) is 0 Å². The maximum absolute atomic E-state index is 13.7. The molecule has 0 fully saturated rings. The minimum absolute atomic E-state index is 0.0554. The van der Waals surface area contributed by atoms with Gasteiger partial charge in [0.15, 0.2) is 0 Å². The van der Waals surface area contributed by atoms with Crippen LogP contribution in [0, 0.1) is 5.82 Å². The van der Waals surface area contributed by atoms with Crippen LogP contribution in [-0.2, 0) is 27.9 Å². The van der Waals surface area contributed by atoms with Gasteiger partial charge in [-0.25, -0.2) is 17.5 Å². The molecule has 3 rings (SSSR count). The SMILES string of the molecule is CN(Cc1ccccc1F)C(=O)/C=C/c1ccc(S(=O)(=O)NCc2ccco2)cc1. The molecule has 6 nitrogen and oxygen atoms in total. The van der Waals surface area contributed by atoms with Crippen molar-refractivity contribution in [3.05, 3.63) is 95.7 Å². The van der Waals surface area contributed by atoms with Gasteiger partial charge in [0.1, 0.15) is 11.6 Å². The van der Waals surface area contributed by atoms with Crippen LogP contribution in [0.1, 0.15) is 16.9 Å². The number of amides is 1. The minimum atomic E-state index is -3.68. The second-order valence-electron chi connectivity index (χ2n) is 6.59. The van der Waals surface area contributed by atoms with Crippen LogP contribution in [0.25, 0.3) is 6.08 Å². The number of halogens is 1. The molecule has 8 heteroatoms. The number of furan rings is 1. The van der Waals surface area contributed by atoms with E-state index in [4.69, 9.17) is 4.42 Å².